The molecule has 0 fully saturated rings. The van der Waals surface area contributed by atoms with Crippen molar-refractivity contribution in [3.05, 3.63) is 54.0 Å². The normalized spacial score (nSPS) is 11.2. The molecule has 0 saturated carbocycles. The number of nitrogens with one attached hydrogen (secondary N) is 2. The van der Waals surface area contributed by atoms with E-state index in [0.29, 0.717) is 12.4 Å². The van der Waals surface area contributed by atoms with Gasteiger partial charge in [0.25, 0.3) is 0 Å². The monoisotopic (exact) mass is 366 g/mol. The Labute approximate surface area is 147 Å². The van der Waals surface area contributed by atoms with Crippen molar-refractivity contribution in [3.8, 4) is 5.75 Å². The molecule has 2 aromatic rings. The average molecular weight is 366 g/mol. The van der Waals surface area contributed by atoms with E-state index in [9.17, 15) is 13.2 Å². The van der Waals surface area contributed by atoms with Crippen LogP contribution in [0.15, 0.2) is 47.1 Å². The lowest BCUT2D eigenvalue weighted by Crippen LogP contribution is -2.34. The van der Waals surface area contributed by atoms with Gasteiger partial charge in [-0.2, -0.15) is 0 Å². The minimum absolute atomic E-state index is 0.0450. The number of hydrogen-bond donors (Lipinski definition) is 2. The zero-order valence-electron chi connectivity index (χ0n) is 14.0. The summed E-state index contributed by atoms with van der Waals surface area (Å²) in [5, 5.41) is 2.61. The fourth-order valence-electron chi connectivity index (χ4n) is 2.11. The summed E-state index contributed by atoms with van der Waals surface area (Å²) in [4.78, 5) is 11.9. The minimum atomic E-state index is -3.48. The molecule has 1 heterocycles. The largest absolute Gasteiger partial charge is 0.494 e. The van der Waals surface area contributed by atoms with Crippen molar-refractivity contribution >= 4 is 15.9 Å². The number of furan rings is 1. The highest BCUT2D eigenvalue weighted by atomic mass is 32.2. The number of carbonyl (C=O) groups excluding carboxylic acids is 1. The Balaban J connectivity index is 1.70. The summed E-state index contributed by atoms with van der Waals surface area (Å²) in [7, 11) is -3.48. The van der Waals surface area contributed by atoms with Gasteiger partial charge in [0.1, 0.15) is 11.5 Å². The topological polar surface area (TPSA) is 97.6 Å². The summed E-state index contributed by atoms with van der Waals surface area (Å²) in [6, 6.07) is 10.6. The maximum Gasteiger partial charge on any atom is 0.224 e. The molecule has 0 aliphatic heterocycles. The van der Waals surface area contributed by atoms with Crippen molar-refractivity contribution in [2.45, 2.75) is 19.9 Å². The molecule has 0 unspecified atom stereocenters. The Hall–Kier alpha value is -2.32. The highest BCUT2D eigenvalue weighted by molar-refractivity contribution is 7.89. The summed E-state index contributed by atoms with van der Waals surface area (Å²) in [5.74, 6) is 0.858. The predicted octanol–water partition coefficient (Wildman–Crippen LogP) is 1.46. The van der Waals surface area contributed by atoms with Gasteiger partial charge in [-0.05, 0) is 36.8 Å². The van der Waals surface area contributed by atoms with Crippen LogP contribution in [0.4, 0.5) is 0 Å². The van der Waals surface area contributed by atoms with Crippen molar-refractivity contribution in [1.82, 2.24) is 10.0 Å². The molecular weight excluding hydrogens is 344 g/mol. The van der Waals surface area contributed by atoms with Crippen molar-refractivity contribution in [2.24, 2.45) is 0 Å². The Morgan fingerprint density at radius 1 is 1.20 bits per heavy atom. The Morgan fingerprint density at radius 2 is 1.96 bits per heavy atom. The SMILES string of the molecule is CCOc1ccc(CC(=O)NCCS(=O)(=O)NCc2ccco2)cc1. The van der Waals surface area contributed by atoms with E-state index in [1.54, 1.807) is 24.3 Å². The molecule has 1 amide bonds. The van der Waals surface area contributed by atoms with Gasteiger partial charge >= 0.3 is 0 Å². The molecular formula is C17H22N2O5S. The van der Waals surface area contributed by atoms with E-state index >= 15 is 0 Å². The van der Waals surface area contributed by atoms with Crippen LogP contribution in [0, 0.1) is 0 Å². The second kappa shape index (κ2) is 9.24. The Kier molecular flexibility index (Phi) is 7.03. The molecule has 7 nitrogen and oxygen atoms in total. The zero-order chi connectivity index (χ0) is 18.1. The van der Waals surface area contributed by atoms with E-state index < -0.39 is 10.0 Å². The third-order valence-electron chi connectivity index (χ3n) is 3.34. The lowest BCUT2D eigenvalue weighted by molar-refractivity contribution is -0.120. The average Bonchev–Trinajstić information content (AvgIpc) is 3.09. The van der Waals surface area contributed by atoms with Gasteiger partial charge < -0.3 is 14.5 Å². The van der Waals surface area contributed by atoms with Gasteiger partial charge in [0, 0.05) is 6.54 Å². The van der Waals surface area contributed by atoms with E-state index in [0.717, 1.165) is 11.3 Å². The quantitative estimate of drug-likeness (QED) is 0.663. The Morgan fingerprint density at radius 3 is 2.60 bits per heavy atom. The third kappa shape index (κ3) is 6.98. The standard InChI is InChI=1S/C17H22N2O5S/c1-2-23-15-7-5-14(6-8-15)12-17(20)18-9-11-25(21,22)19-13-16-4-3-10-24-16/h3-8,10,19H,2,9,11-13H2,1H3,(H,18,20). The first kappa shape index (κ1) is 19.0. The molecule has 0 atom stereocenters. The molecule has 25 heavy (non-hydrogen) atoms. The van der Waals surface area contributed by atoms with Gasteiger partial charge in [-0.15, -0.1) is 0 Å². The Bertz CT molecular complexity index is 755. The molecule has 2 N–H and O–H groups in total. The fourth-order valence-corrected chi connectivity index (χ4v) is 2.99. The van der Waals surface area contributed by atoms with Crippen LogP contribution in [0.2, 0.25) is 0 Å². The first-order valence-electron chi connectivity index (χ1n) is 7.96. The molecule has 0 radical (unpaired) electrons. The number of hydrogen-bond acceptors (Lipinski definition) is 5. The maximum absolute atomic E-state index is 11.9. The first-order chi connectivity index (χ1) is 12.0. The van der Waals surface area contributed by atoms with Crippen molar-refractivity contribution < 1.29 is 22.4 Å². The van der Waals surface area contributed by atoms with Gasteiger partial charge in [0.15, 0.2) is 0 Å². The second-order valence-corrected chi connectivity index (χ2v) is 7.25. The van der Waals surface area contributed by atoms with Crippen LogP contribution >= 0.6 is 0 Å². The summed E-state index contributed by atoms with van der Waals surface area (Å²) in [6.07, 6.45) is 1.66. The van der Waals surface area contributed by atoms with Crippen LogP contribution in [-0.4, -0.2) is 33.2 Å². The molecule has 0 aliphatic rings. The lowest BCUT2D eigenvalue weighted by atomic mass is 10.1. The molecule has 0 saturated heterocycles. The van der Waals surface area contributed by atoms with Crippen LogP contribution in [0.5, 0.6) is 5.75 Å². The van der Waals surface area contributed by atoms with Crippen molar-refractivity contribution in [1.29, 1.82) is 0 Å². The number of sulfonamides is 1. The molecule has 2 rings (SSSR count). The molecule has 0 spiro atoms. The zero-order valence-corrected chi connectivity index (χ0v) is 14.8. The third-order valence-corrected chi connectivity index (χ3v) is 4.66. The molecule has 136 valence electrons. The van der Waals surface area contributed by atoms with Crippen LogP contribution in [-0.2, 0) is 27.8 Å². The van der Waals surface area contributed by atoms with E-state index in [1.165, 1.54) is 6.26 Å². The number of amides is 1. The second-order valence-electron chi connectivity index (χ2n) is 5.32. The minimum Gasteiger partial charge on any atom is -0.494 e. The molecule has 0 bridgehead atoms. The molecule has 8 heteroatoms. The van der Waals surface area contributed by atoms with Crippen LogP contribution in [0.25, 0.3) is 0 Å². The predicted molar refractivity (Wildman–Crippen MR) is 93.7 cm³/mol. The van der Waals surface area contributed by atoms with Crippen molar-refractivity contribution in [3.63, 3.8) is 0 Å². The van der Waals surface area contributed by atoms with Crippen LogP contribution < -0.4 is 14.8 Å². The number of ether oxygens (including phenoxy) is 1. The van der Waals surface area contributed by atoms with Gasteiger partial charge in [-0.3, -0.25) is 4.79 Å². The smallest absolute Gasteiger partial charge is 0.224 e. The summed E-state index contributed by atoms with van der Waals surface area (Å²) in [5.41, 5.74) is 0.833. The summed E-state index contributed by atoms with van der Waals surface area (Å²) >= 11 is 0. The van der Waals surface area contributed by atoms with Crippen molar-refractivity contribution in [2.75, 3.05) is 18.9 Å². The van der Waals surface area contributed by atoms with Gasteiger partial charge in [0.05, 0.1) is 31.6 Å². The highest BCUT2D eigenvalue weighted by Gasteiger charge is 2.12. The van der Waals surface area contributed by atoms with Crippen LogP contribution in [0.3, 0.4) is 0 Å². The first-order valence-corrected chi connectivity index (χ1v) is 9.62. The van der Waals surface area contributed by atoms with E-state index in [2.05, 4.69) is 10.0 Å². The summed E-state index contributed by atoms with van der Waals surface area (Å²) in [6.45, 7) is 2.62. The number of rotatable bonds is 10. The maximum atomic E-state index is 11.9. The van der Waals surface area contributed by atoms with E-state index in [4.69, 9.17) is 9.15 Å². The number of benzene rings is 1. The fraction of sp³-hybridized carbons (Fsp3) is 0.353. The lowest BCUT2D eigenvalue weighted by Gasteiger charge is -2.08. The molecule has 0 aliphatic carbocycles. The highest BCUT2D eigenvalue weighted by Crippen LogP contribution is 2.12. The summed E-state index contributed by atoms with van der Waals surface area (Å²) < 4.78 is 36.5. The number of carbonyl (C=O) groups is 1. The molecule has 1 aromatic heterocycles. The van der Waals surface area contributed by atoms with Gasteiger partial charge in [0.2, 0.25) is 15.9 Å². The molecule has 1 aromatic carbocycles. The van der Waals surface area contributed by atoms with Crippen LogP contribution in [0.1, 0.15) is 18.2 Å². The van der Waals surface area contributed by atoms with E-state index in [1.807, 2.05) is 19.1 Å². The van der Waals surface area contributed by atoms with Gasteiger partial charge in [-0.25, -0.2) is 13.1 Å². The van der Waals surface area contributed by atoms with Gasteiger partial charge in [-0.1, -0.05) is 12.1 Å². The van der Waals surface area contributed by atoms with E-state index in [-0.39, 0.29) is 31.2 Å².